The maximum Gasteiger partial charge on any atom is 0.418 e. The van der Waals surface area contributed by atoms with Gasteiger partial charge in [-0.3, -0.25) is 0 Å². The first-order valence-electron chi connectivity index (χ1n) is 5.58. The van der Waals surface area contributed by atoms with Gasteiger partial charge in [0.1, 0.15) is 0 Å². The third kappa shape index (κ3) is 3.28. The normalized spacial score (nSPS) is 16.0. The summed E-state index contributed by atoms with van der Waals surface area (Å²) in [4.78, 5) is 0. The number of anilines is 1. The molecule has 0 aliphatic heterocycles. The van der Waals surface area contributed by atoms with Gasteiger partial charge in [-0.2, -0.15) is 13.2 Å². The molecule has 0 spiro atoms. The van der Waals surface area contributed by atoms with Crippen molar-refractivity contribution in [1.82, 2.24) is 0 Å². The van der Waals surface area contributed by atoms with Gasteiger partial charge >= 0.3 is 6.18 Å². The molecule has 1 aliphatic rings. The smallest absolute Gasteiger partial charge is 0.383 e. The van der Waals surface area contributed by atoms with Crippen LogP contribution in [0.15, 0.2) is 18.2 Å². The Morgan fingerprint density at radius 1 is 1.29 bits per heavy atom. The minimum absolute atomic E-state index is 0.00215. The van der Waals surface area contributed by atoms with Gasteiger partial charge in [-0.1, -0.05) is 30.5 Å². The number of hydrogen-bond donors (Lipinski definition) is 1. The fraction of sp³-hybridized carbons (Fsp3) is 0.500. The molecule has 0 saturated heterocycles. The van der Waals surface area contributed by atoms with Crippen LogP contribution in [0.3, 0.4) is 0 Å². The van der Waals surface area contributed by atoms with Crippen LogP contribution >= 0.6 is 11.6 Å². The molecule has 1 aromatic carbocycles. The van der Waals surface area contributed by atoms with E-state index in [0.717, 1.165) is 12.5 Å². The zero-order valence-electron chi connectivity index (χ0n) is 9.15. The standard InChI is InChI=1S/C12H13ClF3N/c13-10-3-1-2-9(12(14,15)16)11(10)17-7-6-8-4-5-8/h1-3,8,17H,4-7H2. The van der Waals surface area contributed by atoms with Crippen molar-refractivity contribution in [3.8, 4) is 0 Å². The number of hydrogen-bond acceptors (Lipinski definition) is 1. The Morgan fingerprint density at radius 3 is 2.59 bits per heavy atom. The van der Waals surface area contributed by atoms with Gasteiger partial charge in [0.05, 0.1) is 16.3 Å². The quantitative estimate of drug-likeness (QED) is 0.839. The molecule has 0 heterocycles. The minimum Gasteiger partial charge on any atom is -0.383 e. The molecule has 1 aromatic rings. The van der Waals surface area contributed by atoms with Gasteiger partial charge in [-0.05, 0) is 24.5 Å². The molecule has 0 aromatic heterocycles. The lowest BCUT2D eigenvalue weighted by molar-refractivity contribution is -0.136. The molecular weight excluding hydrogens is 251 g/mol. The second-order valence-electron chi connectivity index (χ2n) is 4.32. The fourth-order valence-corrected chi connectivity index (χ4v) is 1.99. The summed E-state index contributed by atoms with van der Waals surface area (Å²) < 4.78 is 38.2. The Labute approximate surface area is 103 Å². The van der Waals surface area contributed by atoms with Crippen LogP contribution in [0.5, 0.6) is 0 Å². The average molecular weight is 264 g/mol. The lowest BCUT2D eigenvalue weighted by Gasteiger charge is -2.15. The van der Waals surface area contributed by atoms with Crippen LogP contribution in [-0.4, -0.2) is 6.54 Å². The molecular formula is C12H13ClF3N. The van der Waals surface area contributed by atoms with Crippen molar-refractivity contribution >= 4 is 17.3 Å². The van der Waals surface area contributed by atoms with Gasteiger partial charge in [0.25, 0.3) is 0 Å². The summed E-state index contributed by atoms with van der Waals surface area (Å²) in [6.07, 6.45) is -1.08. The number of alkyl halides is 3. The minimum atomic E-state index is -4.37. The molecule has 2 rings (SSSR count). The lowest BCUT2D eigenvalue weighted by Crippen LogP contribution is -2.12. The molecule has 5 heteroatoms. The second-order valence-corrected chi connectivity index (χ2v) is 4.73. The SMILES string of the molecule is FC(F)(F)c1cccc(Cl)c1NCCC1CC1. The largest absolute Gasteiger partial charge is 0.418 e. The van der Waals surface area contributed by atoms with E-state index in [2.05, 4.69) is 5.32 Å². The number of rotatable bonds is 4. The molecule has 0 unspecified atom stereocenters. The average Bonchev–Trinajstić information content (AvgIpc) is 3.02. The molecule has 94 valence electrons. The summed E-state index contributed by atoms with van der Waals surface area (Å²) in [6.45, 7) is 0.539. The van der Waals surface area contributed by atoms with E-state index < -0.39 is 11.7 Å². The Hall–Kier alpha value is -0.900. The molecule has 1 nitrogen and oxygen atoms in total. The first kappa shape index (κ1) is 12.6. The second kappa shape index (κ2) is 4.77. The summed E-state index contributed by atoms with van der Waals surface area (Å²) in [6, 6.07) is 3.83. The Kier molecular flexibility index (Phi) is 3.52. The van der Waals surface area contributed by atoms with E-state index in [1.54, 1.807) is 0 Å². The van der Waals surface area contributed by atoms with Crippen LogP contribution in [0.25, 0.3) is 0 Å². The van der Waals surface area contributed by atoms with E-state index in [0.29, 0.717) is 12.5 Å². The predicted molar refractivity (Wildman–Crippen MR) is 62.3 cm³/mol. The molecule has 0 radical (unpaired) electrons. The van der Waals surface area contributed by atoms with E-state index in [1.807, 2.05) is 0 Å². The molecule has 1 saturated carbocycles. The van der Waals surface area contributed by atoms with E-state index in [4.69, 9.17) is 11.6 Å². The van der Waals surface area contributed by atoms with Gasteiger partial charge in [0, 0.05) is 6.54 Å². The Morgan fingerprint density at radius 2 is 2.00 bits per heavy atom. The van der Waals surface area contributed by atoms with Crippen LogP contribution < -0.4 is 5.32 Å². The summed E-state index contributed by atoms with van der Waals surface area (Å²) in [5.74, 6) is 0.680. The highest BCUT2D eigenvalue weighted by atomic mass is 35.5. The third-order valence-electron chi connectivity index (χ3n) is 2.87. The molecule has 1 aliphatic carbocycles. The summed E-state index contributed by atoms with van der Waals surface area (Å²) in [5, 5.41) is 2.93. The van der Waals surface area contributed by atoms with Gasteiger partial charge in [-0.15, -0.1) is 0 Å². The first-order chi connectivity index (χ1) is 7.98. The highest BCUT2D eigenvalue weighted by molar-refractivity contribution is 6.33. The first-order valence-corrected chi connectivity index (χ1v) is 5.96. The van der Waals surface area contributed by atoms with Crippen molar-refractivity contribution in [2.45, 2.75) is 25.4 Å². The van der Waals surface area contributed by atoms with E-state index in [9.17, 15) is 13.2 Å². The number of benzene rings is 1. The highest BCUT2D eigenvalue weighted by Gasteiger charge is 2.34. The molecule has 0 bridgehead atoms. The van der Waals surface area contributed by atoms with Gasteiger partial charge in [0.2, 0.25) is 0 Å². The van der Waals surface area contributed by atoms with Crippen LogP contribution in [-0.2, 0) is 6.18 Å². The van der Waals surface area contributed by atoms with Crippen molar-refractivity contribution in [2.75, 3.05) is 11.9 Å². The van der Waals surface area contributed by atoms with Crippen molar-refractivity contribution < 1.29 is 13.2 Å². The summed E-state index contributed by atoms with van der Waals surface area (Å²) >= 11 is 5.80. The van der Waals surface area contributed by atoms with Crippen LogP contribution in [0.1, 0.15) is 24.8 Å². The summed E-state index contributed by atoms with van der Waals surface area (Å²) in [5.41, 5.74) is -0.692. The topological polar surface area (TPSA) is 12.0 Å². The highest BCUT2D eigenvalue weighted by Crippen LogP contribution is 2.39. The zero-order chi connectivity index (χ0) is 12.5. The maximum absolute atomic E-state index is 12.7. The molecule has 0 amide bonds. The summed E-state index contributed by atoms with van der Waals surface area (Å²) in [7, 11) is 0. The third-order valence-corrected chi connectivity index (χ3v) is 3.19. The van der Waals surface area contributed by atoms with E-state index in [1.165, 1.54) is 25.0 Å². The Balaban J connectivity index is 2.11. The van der Waals surface area contributed by atoms with Crippen molar-refractivity contribution in [1.29, 1.82) is 0 Å². The fourth-order valence-electron chi connectivity index (χ4n) is 1.75. The molecule has 1 fully saturated rings. The van der Waals surface area contributed by atoms with E-state index in [-0.39, 0.29) is 10.7 Å². The van der Waals surface area contributed by atoms with Gasteiger partial charge < -0.3 is 5.32 Å². The van der Waals surface area contributed by atoms with Crippen LogP contribution in [0.4, 0.5) is 18.9 Å². The van der Waals surface area contributed by atoms with Gasteiger partial charge in [0.15, 0.2) is 0 Å². The molecule has 0 atom stereocenters. The number of halogens is 4. The van der Waals surface area contributed by atoms with Crippen molar-refractivity contribution in [3.05, 3.63) is 28.8 Å². The molecule has 17 heavy (non-hydrogen) atoms. The lowest BCUT2D eigenvalue weighted by atomic mass is 10.1. The van der Waals surface area contributed by atoms with Gasteiger partial charge in [-0.25, -0.2) is 0 Å². The van der Waals surface area contributed by atoms with Crippen LogP contribution in [0, 0.1) is 5.92 Å². The van der Waals surface area contributed by atoms with E-state index >= 15 is 0 Å². The van der Waals surface area contributed by atoms with Crippen LogP contribution in [0.2, 0.25) is 5.02 Å². The zero-order valence-corrected chi connectivity index (χ0v) is 9.91. The molecule has 1 N–H and O–H groups in total. The predicted octanol–water partition coefficient (Wildman–Crippen LogP) is 4.57. The maximum atomic E-state index is 12.7. The van der Waals surface area contributed by atoms with Crippen molar-refractivity contribution in [3.63, 3.8) is 0 Å². The number of nitrogens with one attached hydrogen (secondary N) is 1. The monoisotopic (exact) mass is 263 g/mol. The Bertz CT molecular complexity index is 399. The number of para-hydroxylation sites is 1. The van der Waals surface area contributed by atoms with Crippen molar-refractivity contribution in [2.24, 2.45) is 5.92 Å².